The van der Waals surface area contributed by atoms with E-state index in [1.807, 2.05) is 6.92 Å². The van der Waals surface area contributed by atoms with Crippen molar-refractivity contribution in [2.24, 2.45) is 11.7 Å². The zero-order valence-electron chi connectivity index (χ0n) is 12.5. The Labute approximate surface area is 120 Å². The molecule has 3 unspecified atom stereocenters. The molecule has 1 heterocycles. The first-order valence-corrected chi connectivity index (χ1v) is 7.35. The van der Waals surface area contributed by atoms with E-state index < -0.39 is 0 Å². The van der Waals surface area contributed by atoms with Gasteiger partial charge in [-0.3, -0.25) is 4.90 Å². The van der Waals surface area contributed by atoms with Gasteiger partial charge in [-0.15, -0.1) is 0 Å². The SMILES string of the molecule is Cc1cc(F)c(C(C)N2CC(CN)CCC2C)cc1F. The summed E-state index contributed by atoms with van der Waals surface area (Å²) >= 11 is 0. The minimum Gasteiger partial charge on any atom is -0.330 e. The topological polar surface area (TPSA) is 29.3 Å². The highest BCUT2D eigenvalue weighted by Crippen LogP contribution is 2.32. The van der Waals surface area contributed by atoms with Crippen LogP contribution in [0.2, 0.25) is 0 Å². The Hall–Kier alpha value is -1.00. The molecule has 0 aromatic heterocycles. The van der Waals surface area contributed by atoms with E-state index in [1.54, 1.807) is 6.92 Å². The van der Waals surface area contributed by atoms with Gasteiger partial charge < -0.3 is 5.73 Å². The van der Waals surface area contributed by atoms with Crippen LogP contribution in [0.5, 0.6) is 0 Å². The van der Waals surface area contributed by atoms with Gasteiger partial charge in [-0.25, -0.2) is 8.78 Å². The highest BCUT2D eigenvalue weighted by molar-refractivity contribution is 5.27. The first kappa shape index (κ1) is 15.4. The van der Waals surface area contributed by atoms with Crippen LogP contribution in [0.15, 0.2) is 12.1 Å². The molecule has 1 fully saturated rings. The second kappa shape index (κ2) is 6.19. The number of likely N-dealkylation sites (tertiary alicyclic amines) is 1. The predicted octanol–water partition coefficient (Wildman–Crippen LogP) is 3.39. The number of aryl methyl sites for hydroxylation is 1. The lowest BCUT2D eigenvalue weighted by molar-refractivity contribution is 0.0795. The Morgan fingerprint density at radius 1 is 1.30 bits per heavy atom. The first-order valence-electron chi connectivity index (χ1n) is 7.35. The highest BCUT2D eigenvalue weighted by atomic mass is 19.1. The average molecular weight is 282 g/mol. The molecule has 0 bridgehead atoms. The van der Waals surface area contributed by atoms with Crippen molar-refractivity contribution in [3.63, 3.8) is 0 Å². The van der Waals surface area contributed by atoms with Gasteiger partial charge in [0.1, 0.15) is 11.6 Å². The van der Waals surface area contributed by atoms with Crippen LogP contribution in [0, 0.1) is 24.5 Å². The van der Waals surface area contributed by atoms with Gasteiger partial charge >= 0.3 is 0 Å². The maximum absolute atomic E-state index is 14.1. The lowest BCUT2D eigenvalue weighted by Crippen LogP contribution is -2.45. The maximum Gasteiger partial charge on any atom is 0.128 e. The number of piperidine rings is 1. The Bertz CT molecular complexity index is 476. The summed E-state index contributed by atoms with van der Waals surface area (Å²) in [5.41, 5.74) is 6.56. The number of nitrogens with zero attached hydrogens (tertiary/aromatic N) is 1. The van der Waals surface area contributed by atoms with Crippen molar-refractivity contribution >= 4 is 0 Å². The second-order valence-corrected chi connectivity index (χ2v) is 6.02. The summed E-state index contributed by atoms with van der Waals surface area (Å²) in [7, 11) is 0. The number of hydrogen-bond donors (Lipinski definition) is 1. The molecule has 1 aliphatic heterocycles. The molecule has 112 valence electrons. The maximum atomic E-state index is 14.1. The number of benzene rings is 1. The monoisotopic (exact) mass is 282 g/mol. The Morgan fingerprint density at radius 3 is 2.65 bits per heavy atom. The van der Waals surface area contributed by atoms with Gasteiger partial charge in [-0.1, -0.05) is 0 Å². The van der Waals surface area contributed by atoms with Crippen LogP contribution in [0.4, 0.5) is 8.78 Å². The van der Waals surface area contributed by atoms with E-state index in [-0.39, 0.29) is 17.7 Å². The average Bonchev–Trinajstić information content (AvgIpc) is 2.42. The van der Waals surface area contributed by atoms with Crippen molar-refractivity contribution < 1.29 is 8.78 Å². The molecule has 2 N–H and O–H groups in total. The summed E-state index contributed by atoms with van der Waals surface area (Å²) in [6, 6.07) is 2.87. The van der Waals surface area contributed by atoms with E-state index >= 15 is 0 Å². The molecule has 1 aromatic rings. The van der Waals surface area contributed by atoms with Crippen LogP contribution in [-0.4, -0.2) is 24.0 Å². The molecular weight excluding hydrogens is 258 g/mol. The fourth-order valence-electron chi connectivity index (χ4n) is 3.10. The van der Waals surface area contributed by atoms with E-state index in [4.69, 9.17) is 5.73 Å². The molecular formula is C16H24F2N2. The molecule has 0 radical (unpaired) electrons. The van der Waals surface area contributed by atoms with Crippen molar-refractivity contribution in [3.05, 3.63) is 34.9 Å². The molecule has 2 rings (SSSR count). The third-order valence-corrected chi connectivity index (χ3v) is 4.59. The Kier molecular flexibility index (Phi) is 4.76. The molecule has 1 saturated heterocycles. The molecule has 20 heavy (non-hydrogen) atoms. The van der Waals surface area contributed by atoms with Gasteiger partial charge in [0.2, 0.25) is 0 Å². The summed E-state index contributed by atoms with van der Waals surface area (Å²) in [6.07, 6.45) is 2.17. The summed E-state index contributed by atoms with van der Waals surface area (Å²) in [4.78, 5) is 2.24. The number of nitrogens with two attached hydrogens (primary N) is 1. The van der Waals surface area contributed by atoms with E-state index in [9.17, 15) is 8.78 Å². The van der Waals surface area contributed by atoms with Gasteiger partial charge in [0.15, 0.2) is 0 Å². The Morgan fingerprint density at radius 2 is 2.00 bits per heavy atom. The zero-order valence-corrected chi connectivity index (χ0v) is 12.5. The highest BCUT2D eigenvalue weighted by Gasteiger charge is 2.30. The molecule has 4 heteroatoms. The second-order valence-electron chi connectivity index (χ2n) is 6.02. The van der Waals surface area contributed by atoms with Gasteiger partial charge in [0.25, 0.3) is 0 Å². The predicted molar refractivity (Wildman–Crippen MR) is 77.5 cm³/mol. The van der Waals surface area contributed by atoms with Gasteiger partial charge in [0, 0.05) is 24.2 Å². The smallest absolute Gasteiger partial charge is 0.128 e. The quantitative estimate of drug-likeness (QED) is 0.920. The standard InChI is InChI=1S/C16H24F2N2/c1-10-6-16(18)14(7-15(10)17)12(3)20-9-13(8-19)5-4-11(20)2/h6-7,11-13H,4-5,8-9,19H2,1-3H3. The van der Waals surface area contributed by atoms with Crippen LogP contribution in [0.3, 0.4) is 0 Å². The van der Waals surface area contributed by atoms with Crippen LogP contribution >= 0.6 is 0 Å². The van der Waals surface area contributed by atoms with Crippen molar-refractivity contribution in [2.45, 2.75) is 45.7 Å². The summed E-state index contributed by atoms with van der Waals surface area (Å²) in [5, 5.41) is 0. The van der Waals surface area contributed by atoms with Crippen molar-refractivity contribution in [1.29, 1.82) is 0 Å². The number of hydrogen-bond acceptors (Lipinski definition) is 2. The van der Waals surface area contributed by atoms with Gasteiger partial charge in [-0.05, 0) is 63.8 Å². The van der Waals surface area contributed by atoms with Crippen molar-refractivity contribution in [1.82, 2.24) is 4.90 Å². The molecule has 0 aliphatic carbocycles. The van der Waals surface area contributed by atoms with Gasteiger partial charge in [0.05, 0.1) is 0 Å². The minimum atomic E-state index is -0.340. The van der Waals surface area contributed by atoms with Crippen molar-refractivity contribution in [2.75, 3.05) is 13.1 Å². The first-order chi connectivity index (χ1) is 9.43. The fraction of sp³-hybridized carbons (Fsp3) is 0.625. The van der Waals surface area contributed by atoms with E-state index in [0.717, 1.165) is 19.4 Å². The van der Waals surface area contributed by atoms with Crippen LogP contribution in [0.1, 0.15) is 43.9 Å². The van der Waals surface area contributed by atoms with Crippen LogP contribution in [0.25, 0.3) is 0 Å². The Balaban J connectivity index is 2.25. The third-order valence-electron chi connectivity index (χ3n) is 4.59. The largest absolute Gasteiger partial charge is 0.330 e. The molecule has 0 amide bonds. The van der Waals surface area contributed by atoms with Crippen LogP contribution < -0.4 is 5.73 Å². The summed E-state index contributed by atoms with van der Waals surface area (Å²) < 4.78 is 27.8. The number of rotatable bonds is 3. The number of halogens is 2. The normalized spacial score (nSPS) is 25.7. The molecule has 1 aliphatic rings. The molecule has 0 saturated carbocycles. The fourth-order valence-corrected chi connectivity index (χ4v) is 3.10. The van der Waals surface area contributed by atoms with E-state index in [2.05, 4.69) is 11.8 Å². The molecule has 3 atom stereocenters. The molecule has 1 aromatic carbocycles. The van der Waals surface area contributed by atoms with E-state index in [1.165, 1.54) is 12.1 Å². The summed E-state index contributed by atoms with van der Waals surface area (Å²) in [5.74, 6) is -0.209. The third kappa shape index (κ3) is 3.01. The lowest BCUT2D eigenvalue weighted by Gasteiger charge is -2.41. The van der Waals surface area contributed by atoms with Crippen molar-refractivity contribution in [3.8, 4) is 0 Å². The zero-order chi connectivity index (χ0) is 14.9. The van der Waals surface area contributed by atoms with Crippen LogP contribution in [-0.2, 0) is 0 Å². The minimum absolute atomic E-state index is 0.130. The summed E-state index contributed by atoms with van der Waals surface area (Å²) in [6.45, 7) is 7.18. The van der Waals surface area contributed by atoms with E-state index in [0.29, 0.717) is 29.6 Å². The lowest BCUT2D eigenvalue weighted by atomic mass is 9.90. The molecule has 2 nitrogen and oxygen atoms in total. The van der Waals surface area contributed by atoms with Gasteiger partial charge in [-0.2, -0.15) is 0 Å². The molecule has 0 spiro atoms.